The molecule has 1 aromatic carbocycles. The van der Waals surface area contributed by atoms with Crippen LogP contribution in [0.2, 0.25) is 0 Å². The molecular formula is C29H32N4O6S2. The number of carbonyl (C=O) groups is 3. The molecule has 10 nitrogen and oxygen atoms in total. The fourth-order valence-electron chi connectivity index (χ4n) is 6.46. The lowest BCUT2D eigenvalue weighted by atomic mass is 9.84. The molecule has 2 aliphatic heterocycles. The van der Waals surface area contributed by atoms with Crippen molar-refractivity contribution < 1.29 is 27.5 Å². The van der Waals surface area contributed by atoms with Crippen molar-refractivity contribution in [3.8, 4) is 5.75 Å². The quantitative estimate of drug-likeness (QED) is 0.438. The fraction of sp³-hybridized carbons (Fsp3) is 0.448. The highest BCUT2D eigenvalue weighted by Crippen LogP contribution is 2.36. The minimum atomic E-state index is -3.96. The molecule has 0 spiro atoms. The number of ether oxygens (including phenoxy) is 1. The molecule has 1 aliphatic carbocycles. The molecule has 3 atom stereocenters. The lowest BCUT2D eigenvalue weighted by molar-refractivity contribution is -0.138. The Morgan fingerprint density at radius 1 is 1.10 bits per heavy atom. The third-order valence-corrected chi connectivity index (χ3v) is 11.2. The largest absolute Gasteiger partial charge is 0.413 e. The van der Waals surface area contributed by atoms with Gasteiger partial charge >= 0.3 is 6.09 Å². The van der Waals surface area contributed by atoms with E-state index in [1.54, 1.807) is 5.38 Å². The van der Waals surface area contributed by atoms with Crippen molar-refractivity contribution in [3.05, 3.63) is 54.2 Å². The summed E-state index contributed by atoms with van der Waals surface area (Å²) < 4.78 is 34.5. The Morgan fingerprint density at radius 2 is 1.90 bits per heavy atom. The summed E-state index contributed by atoms with van der Waals surface area (Å²) in [6, 6.07) is 8.16. The summed E-state index contributed by atoms with van der Waals surface area (Å²) in [7, 11) is -3.96. The van der Waals surface area contributed by atoms with Gasteiger partial charge in [0.05, 0.1) is 12.6 Å². The van der Waals surface area contributed by atoms with Gasteiger partial charge in [-0.05, 0) is 43.0 Å². The Balaban J connectivity index is 1.21. The Hall–Kier alpha value is -3.35. The van der Waals surface area contributed by atoms with Crippen molar-refractivity contribution in [3.63, 3.8) is 0 Å². The van der Waals surface area contributed by atoms with Gasteiger partial charge in [-0.25, -0.2) is 13.2 Å². The van der Waals surface area contributed by atoms with Crippen LogP contribution in [-0.4, -0.2) is 71.6 Å². The summed E-state index contributed by atoms with van der Waals surface area (Å²) in [6.45, 7) is -0.0731. The predicted molar refractivity (Wildman–Crippen MR) is 153 cm³/mol. The first-order valence-corrected chi connectivity index (χ1v) is 16.3. The average Bonchev–Trinajstić information content (AvgIpc) is 3.69. The Kier molecular flexibility index (Phi) is 7.80. The number of benzene rings is 1. The van der Waals surface area contributed by atoms with Crippen molar-refractivity contribution in [2.45, 2.75) is 68.0 Å². The molecule has 2 saturated heterocycles. The fourth-order valence-corrected chi connectivity index (χ4v) is 8.91. The number of pyridine rings is 1. The van der Waals surface area contributed by atoms with Gasteiger partial charge in [0.15, 0.2) is 11.5 Å². The first-order valence-electron chi connectivity index (χ1n) is 14.0. The van der Waals surface area contributed by atoms with Gasteiger partial charge in [-0.15, -0.1) is 11.3 Å². The Morgan fingerprint density at radius 3 is 2.68 bits per heavy atom. The van der Waals surface area contributed by atoms with E-state index in [0.717, 1.165) is 42.2 Å². The zero-order valence-electron chi connectivity index (χ0n) is 22.5. The van der Waals surface area contributed by atoms with E-state index < -0.39 is 34.2 Å². The second kappa shape index (κ2) is 11.5. The number of thiophene rings is 1. The molecule has 3 unspecified atom stereocenters. The van der Waals surface area contributed by atoms with Crippen LogP contribution in [0.3, 0.4) is 0 Å². The van der Waals surface area contributed by atoms with E-state index in [2.05, 4.69) is 10.3 Å². The van der Waals surface area contributed by atoms with Crippen molar-refractivity contribution in [1.29, 1.82) is 0 Å². The van der Waals surface area contributed by atoms with Crippen molar-refractivity contribution in [1.82, 2.24) is 19.5 Å². The van der Waals surface area contributed by atoms with Crippen molar-refractivity contribution in [2.24, 2.45) is 5.92 Å². The molecule has 6 rings (SSSR count). The van der Waals surface area contributed by atoms with E-state index in [1.165, 1.54) is 45.1 Å². The van der Waals surface area contributed by atoms with E-state index in [9.17, 15) is 22.8 Å². The zero-order chi connectivity index (χ0) is 28.6. The van der Waals surface area contributed by atoms with E-state index in [0.29, 0.717) is 18.6 Å². The molecule has 2 amide bonds. The summed E-state index contributed by atoms with van der Waals surface area (Å²) in [4.78, 5) is 45.7. The molecule has 12 heteroatoms. The van der Waals surface area contributed by atoms with Crippen molar-refractivity contribution in [2.75, 3.05) is 13.1 Å². The molecule has 3 aliphatic rings. The van der Waals surface area contributed by atoms with Crippen LogP contribution in [-0.2, 0) is 19.6 Å². The minimum absolute atomic E-state index is 0.0127. The van der Waals surface area contributed by atoms with Gasteiger partial charge in [0.2, 0.25) is 15.9 Å². The molecule has 3 aromatic rings. The number of ketones is 1. The standard InChI is InChI=1S/C29H32N4O6S2/c34-24-17-33(41(37,38)20-9-6-13-30-16-20)23-12-14-32(27(23)24)28(35)22(15-19-7-2-1-3-8-19)31-29(36)39-25-18-40-26-11-5-4-10-21(25)26/h4-6,9-11,13,16,18-19,22-23,27H,1-3,7-8,12,14-15,17H2,(H,31,36). The van der Waals surface area contributed by atoms with E-state index in [-0.39, 0.29) is 35.6 Å². The van der Waals surface area contributed by atoms with Gasteiger partial charge in [0.25, 0.3) is 0 Å². The Bertz CT molecular complexity index is 1550. The molecule has 1 N–H and O–H groups in total. The predicted octanol–water partition coefficient (Wildman–Crippen LogP) is 3.97. The maximum Gasteiger partial charge on any atom is 0.413 e. The molecule has 0 radical (unpaired) electrons. The number of sulfonamides is 1. The maximum absolute atomic E-state index is 14.0. The molecule has 216 valence electrons. The number of aromatic nitrogens is 1. The van der Waals surface area contributed by atoms with Crippen LogP contribution in [0.5, 0.6) is 5.75 Å². The molecule has 4 heterocycles. The second-order valence-electron chi connectivity index (χ2n) is 11.0. The second-order valence-corrected chi connectivity index (χ2v) is 13.8. The van der Waals surface area contributed by atoms with Crippen LogP contribution >= 0.6 is 11.3 Å². The number of likely N-dealkylation sites (tertiary alicyclic amines) is 1. The van der Waals surface area contributed by atoms with Gasteiger partial charge in [-0.1, -0.05) is 44.2 Å². The summed E-state index contributed by atoms with van der Waals surface area (Å²) in [5.41, 5.74) is 0. The molecular weight excluding hydrogens is 564 g/mol. The number of carbonyl (C=O) groups excluding carboxylic acids is 3. The van der Waals surface area contributed by atoms with Crippen molar-refractivity contribution >= 4 is 49.2 Å². The number of hydrogen-bond donors (Lipinski definition) is 1. The average molecular weight is 597 g/mol. The van der Waals surface area contributed by atoms with Crippen LogP contribution < -0.4 is 10.1 Å². The number of fused-ring (bicyclic) bond motifs is 2. The molecule has 0 bridgehead atoms. The number of Topliss-reactive ketones (excluding diaryl/α,β-unsaturated/α-hetero) is 1. The lowest BCUT2D eigenvalue weighted by Gasteiger charge is -2.31. The van der Waals surface area contributed by atoms with Gasteiger partial charge < -0.3 is 15.0 Å². The summed E-state index contributed by atoms with van der Waals surface area (Å²) in [5, 5.41) is 5.39. The van der Waals surface area contributed by atoms with E-state index >= 15 is 0 Å². The number of rotatable bonds is 7. The van der Waals surface area contributed by atoms with Crippen LogP contribution in [0.25, 0.3) is 10.1 Å². The number of nitrogens with one attached hydrogen (secondary N) is 1. The van der Waals surface area contributed by atoms with Crippen LogP contribution in [0.15, 0.2) is 59.1 Å². The smallest absolute Gasteiger partial charge is 0.409 e. The summed E-state index contributed by atoms with van der Waals surface area (Å²) in [6.07, 6.45) is 8.04. The zero-order valence-corrected chi connectivity index (χ0v) is 24.1. The van der Waals surface area contributed by atoms with E-state index in [1.807, 2.05) is 24.3 Å². The Labute approximate surface area is 242 Å². The normalized spacial score (nSPS) is 22.5. The first-order chi connectivity index (χ1) is 19.8. The first kappa shape index (κ1) is 27.8. The number of hydrogen-bond acceptors (Lipinski definition) is 8. The molecule has 3 fully saturated rings. The lowest BCUT2D eigenvalue weighted by Crippen LogP contribution is -2.53. The van der Waals surface area contributed by atoms with Gasteiger partial charge in [-0.3, -0.25) is 14.6 Å². The van der Waals surface area contributed by atoms with Gasteiger partial charge in [0, 0.05) is 34.4 Å². The molecule has 41 heavy (non-hydrogen) atoms. The minimum Gasteiger partial charge on any atom is -0.409 e. The molecule has 1 saturated carbocycles. The van der Waals surface area contributed by atoms with Crippen LogP contribution in [0.4, 0.5) is 4.79 Å². The van der Waals surface area contributed by atoms with Crippen LogP contribution in [0, 0.1) is 5.92 Å². The van der Waals surface area contributed by atoms with Crippen LogP contribution in [0.1, 0.15) is 44.9 Å². The highest BCUT2D eigenvalue weighted by Gasteiger charge is 2.54. The topological polar surface area (TPSA) is 126 Å². The highest BCUT2D eigenvalue weighted by molar-refractivity contribution is 7.89. The molecule has 2 aromatic heterocycles. The van der Waals surface area contributed by atoms with Gasteiger partial charge in [0.1, 0.15) is 17.0 Å². The number of nitrogens with zero attached hydrogens (tertiary/aromatic N) is 3. The summed E-state index contributed by atoms with van der Waals surface area (Å²) in [5.74, 6) is -0.00300. The SMILES string of the molecule is O=C(NC(CC1CCCCC1)C(=O)N1CCC2C1C(=O)CN2S(=O)(=O)c1cccnc1)Oc1csc2ccccc12. The maximum atomic E-state index is 14.0. The van der Waals surface area contributed by atoms with E-state index in [4.69, 9.17) is 4.74 Å². The third-order valence-electron chi connectivity index (χ3n) is 8.43. The number of amides is 2. The highest BCUT2D eigenvalue weighted by atomic mass is 32.2. The third kappa shape index (κ3) is 5.47. The monoisotopic (exact) mass is 596 g/mol. The summed E-state index contributed by atoms with van der Waals surface area (Å²) >= 11 is 1.47. The van der Waals surface area contributed by atoms with Gasteiger partial charge in [-0.2, -0.15) is 4.31 Å².